The Hall–Kier alpha value is -1.16. The molecule has 1 N–H and O–H groups in total. The van der Waals surface area contributed by atoms with E-state index < -0.39 is 0 Å². The van der Waals surface area contributed by atoms with Crippen molar-refractivity contribution in [1.29, 1.82) is 0 Å². The van der Waals surface area contributed by atoms with Crippen LogP contribution >= 0.6 is 0 Å². The SMILES string of the molecule is C=CCCNCc1ncnn1CCC. The average molecular weight is 194 g/mol. The highest BCUT2D eigenvalue weighted by Gasteiger charge is 2.01. The lowest BCUT2D eigenvalue weighted by Crippen LogP contribution is -2.18. The van der Waals surface area contributed by atoms with Gasteiger partial charge in [0.2, 0.25) is 0 Å². The molecule has 0 aliphatic heterocycles. The Labute approximate surface area is 85.0 Å². The van der Waals surface area contributed by atoms with Crippen LogP contribution in [0.1, 0.15) is 25.6 Å². The second-order valence-corrected chi connectivity index (χ2v) is 3.15. The molecule has 4 heteroatoms. The zero-order valence-electron chi connectivity index (χ0n) is 8.74. The molecule has 0 fully saturated rings. The second kappa shape index (κ2) is 6.32. The Balaban J connectivity index is 2.33. The number of nitrogens with zero attached hydrogens (tertiary/aromatic N) is 3. The van der Waals surface area contributed by atoms with Crippen LogP contribution in [0, 0.1) is 0 Å². The van der Waals surface area contributed by atoms with Crippen molar-refractivity contribution in [3.8, 4) is 0 Å². The van der Waals surface area contributed by atoms with Crippen molar-refractivity contribution >= 4 is 0 Å². The minimum absolute atomic E-state index is 0.786. The van der Waals surface area contributed by atoms with Crippen LogP contribution in [0.3, 0.4) is 0 Å². The molecule has 0 amide bonds. The topological polar surface area (TPSA) is 42.7 Å². The molecule has 0 radical (unpaired) electrons. The van der Waals surface area contributed by atoms with Crippen LogP contribution in [-0.4, -0.2) is 21.3 Å². The molecule has 1 aromatic heterocycles. The molecule has 1 heterocycles. The van der Waals surface area contributed by atoms with E-state index in [1.165, 1.54) is 0 Å². The summed E-state index contributed by atoms with van der Waals surface area (Å²) in [5.74, 6) is 1.01. The van der Waals surface area contributed by atoms with Crippen LogP contribution in [0.25, 0.3) is 0 Å². The van der Waals surface area contributed by atoms with Gasteiger partial charge in [-0.3, -0.25) is 0 Å². The number of aromatic nitrogens is 3. The van der Waals surface area contributed by atoms with E-state index in [0.717, 1.165) is 38.3 Å². The molecule has 1 aromatic rings. The van der Waals surface area contributed by atoms with Crippen molar-refractivity contribution in [3.05, 3.63) is 24.8 Å². The van der Waals surface area contributed by atoms with Crippen molar-refractivity contribution < 1.29 is 0 Å². The quantitative estimate of drug-likeness (QED) is 0.526. The van der Waals surface area contributed by atoms with E-state index in [-0.39, 0.29) is 0 Å². The fourth-order valence-corrected chi connectivity index (χ4v) is 1.23. The van der Waals surface area contributed by atoms with E-state index in [9.17, 15) is 0 Å². The Kier molecular flexibility index (Phi) is 4.93. The number of hydrogen-bond acceptors (Lipinski definition) is 3. The largest absolute Gasteiger partial charge is 0.310 e. The Morgan fingerprint density at radius 2 is 2.50 bits per heavy atom. The zero-order valence-corrected chi connectivity index (χ0v) is 8.74. The van der Waals surface area contributed by atoms with Gasteiger partial charge in [-0.1, -0.05) is 13.0 Å². The van der Waals surface area contributed by atoms with Gasteiger partial charge in [-0.25, -0.2) is 9.67 Å². The lowest BCUT2D eigenvalue weighted by molar-refractivity contribution is 0.544. The lowest BCUT2D eigenvalue weighted by Gasteiger charge is -2.04. The number of rotatable bonds is 7. The molecular weight excluding hydrogens is 176 g/mol. The van der Waals surface area contributed by atoms with Gasteiger partial charge in [0, 0.05) is 6.54 Å². The molecule has 0 aliphatic carbocycles. The Bertz CT molecular complexity index is 267. The summed E-state index contributed by atoms with van der Waals surface area (Å²) < 4.78 is 1.95. The molecule has 78 valence electrons. The van der Waals surface area contributed by atoms with Gasteiger partial charge >= 0.3 is 0 Å². The maximum atomic E-state index is 4.20. The standard InChI is InChI=1S/C10H18N4/c1-3-5-6-11-8-10-12-9-13-14(10)7-4-2/h3,9,11H,1,4-8H2,2H3. The fraction of sp³-hybridized carbons (Fsp3) is 0.600. The predicted octanol–water partition coefficient (Wildman–Crippen LogP) is 1.35. The van der Waals surface area contributed by atoms with E-state index in [2.05, 4.69) is 28.9 Å². The van der Waals surface area contributed by atoms with Crippen molar-refractivity contribution in [2.24, 2.45) is 0 Å². The fourth-order valence-electron chi connectivity index (χ4n) is 1.23. The van der Waals surface area contributed by atoms with E-state index in [1.807, 2.05) is 10.8 Å². The highest BCUT2D eigenvalue weighted by molar-refractivity contribution is 4.83. The first-order valence-corrected chi connectivity index (χ1v) is 5.06. The maximum absolute atomic E-state index is 4.20. The van der Waals surface area contributed by atoms with Crippen LogP contribution < -0.4 is 5.32 Å². The van der Waals surface area contributed by atoms with Crippen molar-refractivity contribution in [3.63, 3.8) is 0 Å². The van der Waals surface area contributed by atoms with Crippen LogP contribution in [0.15, 0.2) is 19.0 Å². The van der Waals surface area contributed by atoms with Gasteiger partial charge in [-0.2, -0.15) is 5.10 Å². The van der Waals surface area contributed by atoms with Crippen LogP contribution in [-0.2, 0) is 13.1 Å². The summed E-state index contributed by atoms with van der Waals surface area (Å²) in [6, 6.07) is 0. The molecule has 4 nitrogen and oxygen atoms in total. The van der Waals surface area contributed by atoms with Gasteiger partial charge in [-0.05, 0) is 19.4 Å². The van der Waals surface area contributed by atoms with E-state index in [1.54, 1.807) is 6.33 Å². The molecule has 0 aliphatic rings. The number of hydrogen-bond donors (Lipinski definition) is 1. The molecule has 14 heavy (non-hydrogen) atoms. The minimum atomic E-state index is 0.786. The van der Waals surface area contributed by atoms with Gasteiger partial charge in [0.15, 0.2) is 0 Å². The third-order valence-electron chi connectivity index (χ3n) is 1.94. The third-order valence-corrected chi connectivity index (χ3v) is 1.94. The lowest BCUT2D eigenvalue weighted by atomic mass is 10.4. The first-order valence-electron chi connectivity index (χ1n) is 5.06. The van der Waals surface area contributed by atoms with Gasteiger partial charge in [0.05, 0.1) is 6.54 Å². The van der Waals surface area contributed by atoms with Crippen molar-refractivity contribution in [2.45, 2.75) is 32.9 Å². The van der Waals surface area contributed by atoms with Gasteiger partial charge in [-0.15, -0.1) is 6.58 Å². The summed E-state index contributed by atoms with van der Waals surface area (Å²) in [4.78, 5) is 4.20. The number of nitrogens with one attached hydrogen (secondary N) is 1. The molecule has 0 spiro atoms. The molecule has 0 bridgehead atoms. The Morgan fingerprint density at radius 1 is 1.64 bits per heavy atom. The van der Waals surface area contributed by atoms with E-state index in [4.69, 9.17) is 0 Å². The van der Waals surface area contributed by atoms with Gasteiger partial charge in [0.25, 0.3) is 0 Å². The molecule has 0 unspecified atom stereocenters. The minimum Gasteiger partial charge on any atom is -0.310 e. The van der Waals surface area contributed by atoms with E-state index >= 15 is 0 Å². The van der Waals surface area contributed by atoms with E-state index in [0.29, 0.717) is 0 Å². The van der Waals surface area contributed by atoms with Gasteiger partial charge < -0.3 is 5.32 Å². The first kappa shape index (κ1) is 10.9. The smallest absolute Gasteiger partial charge is 0.140 e. The normalized spacial score (nSPS) is 10.4. The second-order valence-electron chi connectivity index (χ2n) is 3.15. The maximum Gasteiger partial charge on any atom is 0.140 e. The highest BCUT2D eigenvalue weighted by atomic mass is 15.3. The molecule has 0 aromatic carbocycles. The van der Waals surface area contributed by atoms with Crippen molar-refractivity contribution in [1.82, 2.24) is 20.1 Å². The molecule has 0 saturated heterocycles. The molecule has 1 rings (SSSR count). The van der Waals surface area contributed by atoms with Crippen molar-refractivity contribution in [2.75, 3.05) is 6.54 Å². The van der Waals surface area contributed by atoms with Gasteiger partial charge in [0.1, 0.15) is 12.2 Å². The third kappa shape index (κ3) is 3.30. The molecular formula is C10H18N4. The monoisotopic (exact) mass is 194 g/mol. The first-order chi connectivity index (χ1) is 6.88. The Morgan fingerprint density at radius 3 is 3.21 bits per heavy atom. The zero-order chi connectivity index (χ0) is 10.2. The highest BCUT2D eigenvalue weighted by Crippen LogP contribution is 1.95. The average Bonchev–Trinajstić information content (AvgIpc) is 2.61. The molecule has 0 atom stereocenters. The van der Waals surface area contributed by atoms with Crippen LogP contribution in [0.4, 0.5) is 0 Å². The number of aryl methyl sites for hydroxylation is 1. The van der Waals surface area contributed by atoms with Crippen LogP contribution in [0.5, 0.6) is 0 Å². The summed E-state index contributed by atoms with van der Waals surface area (Å²) in [6.45, 7) is 8.48. The summed E-state index contributed by atoms with van der Waals surface area (Å²) in [6.07, 6.45) is 5.59. The van der Waals surface area contributed by atoms with Crippen LogP contribution in [0.2, 0.25) is 0 Å². The summed E-state index contributed by atoms with van der Waals surface area (Å²) >= 11 is 0. The predicted molar refractivity (Wildman–Crippen MR) is 56.8 cm³/mol. The summed E-state index contributed by atoms with van der Waals surface area (Å²) in [5, 5.41) is 7.44. The summed E-state index contributed by atoms with van der Waals surface area (Å²) in [5.41, 5.74) is 0. The summed E-state index contributed by atoms with van der Waals surface area (Å²) in [7, 11) is 0. The molecule has 0 saturated carbocycles.